The first-order valence-corrected chi connectivity index (χ1v) is 8.13. The van der Waals surface area contributed by atoms with Gasteiger partial charge in [-0.2, -0.15) is 0 Å². The van der Waals surface area contributed by atoms with E-state index in [1.807, 2.05) is 25.1 Å². The van der Waals surface area contributed by atoms with Crippen molar-refractivity contribution in [2.45, 2.75) is 6.92 Å². The van der Waals surface area contributed by atoms with Crippen LogP contribution in [0.15, 0.2) is 54.9 Å². The Bertz CT molecular complexity index is 884. The van der Waals surface area contributed by atoms with Crippen molar-refractivity contribution in [3.05, 3.63) is 66.1 Å². The molecule has 3 aromatic rings. The van der Waals surface area contributed by atoms with E-state index in [0.29, 0.717) is 17.2 Å². The number of carbonyl (C=O) groups excluding carboxylic acids is 1. The van der Waals surface area contributed by atoms with Gasteiger partial charge in [-0.25, -0.2) is 14.4 Å². The maximum Gasteiger partial charge on any atom is 0.251 e. The van der Waals surface area contributed by atoms with Crippen LogP contribution >= 0.6 is 0 Å². The molecule has 0 saturated carbocycles. The lowest BCUT2D eigenvalue weighted by molar-refractivity contribution is 0.0951. The van der Waals surface area contributed by atoms with E-state index in [9.17, 15) is 9.18 Å². The second kappa shape index (κ2) is 8.15. The number of rotatable bonds is 6. The largest absolute Gasteiger partial charge is 0.349 e. The average Bonchev–Trinajstić information content (AvgIpc) is 2.67. The minimum Gasteiger partial charge on any atom is -0.349 e. The lowest BCUT2D eigenvalue weighted by Crippen LogP contribution is -2.25. The van der Waals surface area contributed by atoms with Crippen molar-refractivity contribution in [2.75, 3.05) is 18.5 Å². The molecule has 1 amide bonds. The number of aryl methyl sites for hydroxylation is 1. The van der Waals surface area contributed by atoms with Crippen LogP contribution in [0.25, 0.3) is 11.4 Å². The van der Waals surface area contributed by atoms with Gasteiger partial charge in [0.05, 0.1) is 0 Å². The number of hydrogen-bond acceptors (Lipinski definition) is 5. The van der Waals surface area contributed by atoms with Gasteiger partial charge in [-0.1, -0.05) is 0 Å². The van der Waals surface area contributed by atoms with Gasteiger partial charge in [0, 0.05) is 47.5 Å². The number of amides is 1. The van der Waals surface area contributed by atoms with Crippen molar-refractivity contribution in [3.8, 4) is 11.4 Å². The number of aromatic nitrogens is 3. The molecule has 2 N–H and O–H groups in total. The molecule has 0 bridgehead atoms. The summed E-state index contributed by atoms with van der Waals surface area (Å²) in [6.45, 7) is 1.32. The number of carbonyl (C=O) groups is 1. The highest BCUT2D eigenvalue weighted by Gasteiger charge is 2.07. The standard InChI is InChI=1S/C19H18FN5O/c1-13-11-17(25-18(23-13)15-3-2-9-21-12-15)24-16-6-4-14(5-7-16)19(26)22-10-8-20/h2-7,9,11-12H,8,10H2,1H3,(H,22,26)(H,23,24,25). The van der Waals surface area contributed by atoms with Crippen molar-refractivity contribution in [1.82, 2.24) is 20.3 Å². The molecule has 0 unspecified atom stereocenters. The van der Waals surface area contributed by atoms with E-state index in [1.165, 1.54) is 0 Å². The Morgan fingerprint density at radius 3 is 2.65 bits per heavy atom. The third-order valence-electron chi connectivity index (χ3n) is 3.57. The van der Waals surface area contributed by atoms with Gasteiger partial charge in [-0.15, -0.1) is 0 Å². The van der Waals surface area contributed by atoms with Crippen molar-refractivity contribution in [1.29, 1.82) is 0 Å². The van der Waals surface area contributed by atoms with Gasteiger partial charge in [0.15, 0.2) is 5.82 Å². The number of pyridine rings is 1. The molecule has 26 heavy (non-hydrogen) atoms. The fraction of sp³-hybridized carbons (Fsp3) is 0.158. The molecule has 1 aromatic carbocycles. The van der Waals surface area contributed by atoms with Crippen molar-refractivity contribution < 1.29 is 9.18 Å². The molecular weight excluding hydrogens is 333 g/mol. The summed E-state index contributed by atoms with van der Waals surface area (Å²) in [4.78, 5) is 24.8. The average molecular weight is 351 g/mol. The molecule has 2 aromatic heterocycles. The van der Waals surface area contributed by atoms with Gasteiger partial charge in [0.2, 0.25) is 0 Å². The van der Waals surface area contributed by atoms with E-state index in [2.05, 4.69) is 25.6 Å². The first-order chi connectivity index (χ1) is 12.7. The minimum absolute atomic E-state index is 0.0101. The number of benzene rings is 1. The first-order valence-electron chi connectivity index (χ1n) is 8.13. The van der Waals surface area contributed by atoms with Gasteiger partial charge in [0.1, 0.15) is 12.5 Å². The minimum atomic E-state index is -0.586. The van der Waals surface area contributed by atoms with Gasteiger partial charge >= 0.3 is 0 Å². The monoisotopic (exact) mass is 351 g/mol. The number of anilines is 2. The van der Waals surface area contributed by atoms with Crippen molar-refractivity contribution >= 4 is 17.4 Å². The second-order valence-electron chi connectivity index (χ2n) is 5.61. The molecule has 0 fully saturated rings. The molecule has 7 heteroatoms. The zero-order chi connectivity index (χ0) is 18.4. The maximum atomic E-state index is 12.1. The van der Waals surface area contributed by atoms with Gasteiger partial charge in [0.25, 0.3) is 5.91 Å². The van der Waals surface area contributed by atoms with E-state index in [1.54, 1.807) is 36.7 Å². The third kappa shape index (κ3) is 4.38. The SMILES string of the molecule is Cc1cc(Nc2ccc(C(=O)NCCF)cc2)nc(-c2cccnc2)n1. The highest BCUT2D eigenvalue weighted by atomic mass is 19.1. The second-order valence-corrected chi connectivity index (χ2v) is 5.61. The quantitative estimate of drug-likeness (QED) is 0.712. The Kier molecular flexibility index (Phi) is 5.48. The lowest BCUT2D eigenvalue weighted by atomic mass is 10.2. The Labute approximate surface area is 150 Å². The summed E-state index contributed by atoms with van der Waals surface area (Å²) in [6, 6.07) is 12.5. The normalized spacial score (nSPS) is 10.4. The van der Waals surface area contributed by atoms with E-state index >= 15 is 0 Å². The van der Waals surface area contributed by atoms with Crippen LogP contribution in [0.1, 0.15) is 16.1 Å². The van der Waals surface area contributed by atoms with E-state index < -0.39 is 6.67 Å². The smallest absolute Gasteiger partial charge is 0.251 e. The van der Waals surface area contributed by atoms with Crippen LogP contribution in [0.4, 0.5) is 15.9 Å². The topological polar surface area (TPSA) is 79.8 Å². The summed E-state index contributed by atoms with van der Waals surface area (Å²) in [5, 5.41) is 5.69. The summed E-state index contributed by atoms with van der Waals surface area (Å²) in [7, 11) is 0. The highest BCUT2D eigenvalue weighted by Crippen LogP contribution is 2.20. The lowest BCUT2D eigenvalue weighted by Gasteiger charge is -2.09. The molecule has 2 heterocycles. The van der Waals surface area contributed by atoms with E-state index in [0.717, 1.165) is 16.9 Å². The van der Waals surface area contributed by atoms with Gasteiger partial charge < -0.3 is 10.6 Å². The number of nitrogens with zero attached hydrogens (tertiary/aromatic N) is 3. The van der Waals surface area contributed by atoms with Crippen molar-refractivity contribution in [3.63, 3.8) is 0 Å². The summed E-state index contributed by atoms with van der Waals surface area (Å²) in [5.41, 5.74) is 2.91. The van der Waals surface area contributed by atoms with Crippen LogP contribution in [0, 0.1) is 6.92 Å². The highest BCUT2D eigenvalue weighted by molar-refractivity contribution is 5.94. The summed E-state index contributed by atoms with van der Waals surface area (Å²) < 4.78 is 12.1. The van der Waals surface area contributed by atoms with Crippen LogP contribution in [0.5, 0.6) is 0 Å². The molecule has 0 radical (unpaired) electrons. The van der Waals surface area contributed by atoms with Crippen LogP contribution in [0.2, 0.25) is 0 Å². The predicted molar refractivity (Wildman–Crippen MR) is 98.0 cm³/mol. The Morgan fingerprint density at radius 1 is 1.15 bits per heavy atom. The Hall–Kier alpha value is -3.35. The molecular formula is C19H18FN5O. The number of nitrogens with one attached hydrogen (secondary N) is 2. The fourth-order valence-electron chi connectivity index (χ4n) is 2.37. The van der Waals surface area contributed by atoms with Gasteiger partial charge in [-0.3, -0.25) is 9.78 Å². The fourth-order valence-corrected chi connectivity index (χ4v) is 2.37. The summed E-state index contributed by atoms with van der Waals surface area (Å²) >= 11 is 0. The maximum absolute atomic E-state index is 12.1. The van der Waals surface area contributed by atoms with Crippen LogP contribution < -0.4 is 10.6 Å². The predicted octanol–water partition coefficient (Wildman–Crippen LogP) is 3.29. The molecule has 0 aliphatic carbocycles. The summed E-state index contributed by atoms with van der Waals surface area (Å²) in [5.74, 6) is 0.930. The number of hydrogen-bond donors (Lipinski definition) is 2. The first kappa shape index (κ1) is 17.5. The van der Waals surface area contributed by atoms with E-state index in [4.69, 9.17) is 0 Å². The molecule has 0 aliphatic heterocycles. The van der Waals surface area contributed by atoms with E-state index in [-0.39, 0.29) is 12.5 Å². The zero-order valence-electron chi connectivity index (χ0n) is 14.2. The Morgan fingerprint density at radius 2 is 1.96 bits per heavy atom. The molecule has 0 spiro atoms. The number of alkyl halides is 1. The Balaban J connectivity index is 1.77. The molecule has 6 nitrogen and oxygen atoms in total. The molecule has 3 rings (SSSR count). The van der Waals surface area contributed by atoms with Gasteiger partial charge in [-0.05, 0) is 43.3 Å². The van der Waals surface area contributed by atoms with Crippen molar-refractivity contribution in [2.24, 2.45) is 0 Å². The molecule has 0 saturated heterocycles. The van der Waals surface area contributed by atoms with Crippen LogP contribution in [0.3, 0.4) is 0 Å². The van der Waals surface area contributed by atoms with Crippen LogP contribution in [-0.2, 0) is 0 Å². The molecule has 0 aliphatic rings. The molecule has 132 valence electrons. The zero-order valence-corrected chi connectivity index (χ0v) is 14.2. The third-order valence-corrected chi connectivity index (χ3v) is 3.57. The molecule has 0 atom stereocenters. The number of halogens is 1. The summed E-state index contributed by atoms with van der Waals surface area (Å²) in [6.07, 6.45) is 3.41. The van der Waals surface area contributed by atoms with Crippen LogP contribution in [-0.4, -0.2) is 34.1 Å².